The van der Waals surface area contributed by atoms with Gasteiger partial charge in [-0.25, -0.2) is 4.98 Å². The van der Waals surface area contributed by atoms with Gasteiger partial charge in [-0.05, 0) is 55.3 Å². The van der Waals surface area contributed by atoms with Crippen LogP contribution in [0.25, 0.3) is 22.1 Å². The van der Waals surface area contributed by atoms with Gasteiger partial charge in [-0.15, -0.1) is 0 Å². The molecule has 0 aliphatic carbocycles. The van der Waals surface area contributed by atoms with Crippen molar-refractivity contribution >= 4 is 22.1 Å². The number of hydrogen-bond acceptors (Lipinski definition) is 6. The van der Waals surface area contributed by atoms with E-state index in [9.17, 15) is 0 Å². The highest BCUT2D eigenvalue weighted by molar-refractivity contribution is 5.77. The predicted octanol–water partition coefficient (Wildman–Crippen LogP) is 3.18. The molecule has 30 heavy (non-hydrogen) atoms. The van der Waals surface area contributed by atoms with Crippen LogP contribution in [-0.2, 0) is 13.0 Å². The Labute approximate surface area is 176 Å². The lowest BCUT2D eigenvalue weighted by Crippen LogP contribution is -2.31. The second-order valence-electron chi connectivity index (χ2n) is 8.26. The summed E-state index contributed by atoms with van der Waals surface area (Å²) in [6.45, 7) is 5.05. The Balaban J connectivity index is 1.35. The molecule has 6 heteroatoms. The first-order valence-electron chi connectivity index (χ1n) is 10.5. The van der Waals surface area contributed by atoms with E-state index in [1.807, 2.05) is 55.0 Å². The van der Waals surface area contributed by atoms with E-state index in [0.29, 0.717) is 5.92 Å². The summed E-state index contributed by atoms with van der Waals surface area (Å²) in [5, 5.41) is 0. The Bertz CT molecular complexity index is 1160. The summed E-state index contributed by atoms with van der Waals surface area (Å²) in [6.07, 6.45) is 6.69. The van der Waals surface area contributed by atoms with Crippen molar-refractivity contribution < 1.29 is 0 Å². The fraction of sp³-hybridized carbons (Fsp3) is 0.333. The number of likely N-dealkylation sites (N-methyl/N-ethyl adjacent to an activating group) is 1. The molecule has 4 heterocycles. The molecule has 0 spiro atoms. The number of pyridine rings is 2. The van der Waals surface area contributed by atoms with Gasteiger partial charge in [-0.1, -0.05) is 12.1 Å². The van der Waals surface area contributed by atoms with Crippen molar-refractivity contribution in [2.75, 3.05) is 33.2 Å². The summed E-state index contributed by atoms with van der Waals surface area (Å²) in [5.74, 6) is 0.526. The fourth-order valence-electron chi connectivity index (χ4n) is 4.44. The van der Waals surface area contributed by atoms with E-state index < -0.39 is 0 Å². The molecule has 0 saturated carbocycles. The van der Waals surface area contributed by atoms with E-state index in [4.69, 9.17) is 4.98 Å². The zero-order chi connectivity index (χ0) is 20.3. The van der Waals surface area contributed by atoms with Crippen LogP contribution in [0.2, 0.25) is 0 Å². The average molecular weight is 399 g/mol. The topological polar surface area (TPSA) is 58.0 Å². The van der Waals surface area contributed by atoms with Crippen molar-refractivity contribution in [2.24, 2.45) is 5.92 Å². The molecule has 0 amide bonds. The van der Waals surface area contributed by atoms with Crippen LogP contribution in [0, 0.1) is 5.92 Å². The summed E-state index contributed by atoms with van der Waals surface area (Å²) in [5.41, 5.74) is 6.23. The van der Waals surface area contributed by atoms with Crippen molar-refractivity contribution in [1.82, 2.24) is 29.7 Å². The van der Waals surface area contributed by atoms with E-state index in [0.717, 1.165) is 66.9 Å². The normalized spacial score (nSPS) is 18.6. The van der Waals surface area contributed by atoms with Gasteiger partial charge in [-0.3, -0.25) is 19.9 Å². The Morgan fingerprint density at radius 1 is 0.867 bits per heavy atom. The largest absolute Gasteiger partial charge is 0.305 e. The quantitative estimate of drug-likeness (QED) is 0.526. The molecule has 1 aromatic carbocycles. The third-order valence-electron chi connectivity index (χ3n) is 5.86. The van der Waals surface area contributed by atoms with Gasteiger partial charge in [0.1, 0.15) is 0 Å². The summed E-state index contributed by atoms with van der Waals surface area (Å²) in [4.78, 5) is 23.4. The minimum absolute atomic E-state index is 0.526. The Kier molecular flexibility index (Phi) is 5.34. The van der Waals surface area contributed by atoms with E-state index in [-0.39, 0.29) is 0 Å². The number of aromatic nitrogens is 4. The third kappa shape index (κ3) is 4.15. The summed E-state index contributed by atoms with van der Waals surface area (Å²) in [6, 6.07) is 14.2. The van der Waals surface area contributed by atoms with Crippen molar-refractivity contribution in [3.63, 3.8) is 0 Å². The highest BCUT2D eigenvalue weighted by Crippen LogP contribution is 2.21. The van der Waals surface area contributed by atoms with Gasteiger partial charge in [0.15, 0.2) is 0 Å². The van der Waals surface area contributed by atoms with Crippen LogP contribution in [0.4, 0.5) is 0 Å². The number of nitrogens with zero attached hydrogens (tertiary/aromatic N) is 6. The molecule has 0 N–H and O–H groups in total. The van der Waals surface area contributed by atoms with Crippen LogP contribution >= 0.6 is 0 Å². The van der Waals surface area contributed by atoms with Crippen molar-refractivity contribution in [3.05, 3.63) is 72.3 Å². The van der Waals surface area contributed by atoms with Crippen molar-refractivity contribution in [2.45, 2.75) is 13.0 Å². The first kappa shape index (κ1) is 19.0. The van der Waals surface area contributed by atoms with Crippen LogP contribution in [0.15, 0.2) is 61.1 Å². The maximum Gasteiger partial charge on any atom is 0.0918 e. The molecule has 1 atom stereocenters. The highest BCUT2D eigenvalue weighted by Gasteiger charge is 2.22. The Morgan fingerprint density at radius 3 is 2.67 bits per heavy atom. The zero-order valence-corrected chi connectivity index (χ0v) is 17.3. The molecular weight excluding hydrogens is 372 g/mol. The van der Waals surface area contributed by atoms with E-state index in [2.05, 4.69) is 37.9 Å². The van der Waals surface area contributed by atoms with Gasteiger partial charge in [-0.2, -0.15) is 0 Å². The van der Waals surface area contributed by atoms with Gasteiger partial charge >= 0.3 is 0 Å². The Hall–Kier alpha value is -2.96. The molecule has 1 fully saturated rings. The third-order valence-corrected chi connectivity index (χ3v) is 5.86. The van der Waals surface area contributed by atoms with Crippen LogP contribution < -0.4 is 0 Å². The zero-order valence-electron chi connectivity index (χ0n) is 17.3. The summed E-state index contributed by atoms with van der Waals surface area (Å²) in [7, 11) is 2.22. The van der Waals surface area contributed by atoms with Gasteiger partial charge in [0.05, 0.1) is 34.0 Å². The van der Waals surface area contributed by atoms with Crippen LogP contribution in [0.3, 0.4) is 0 Å². The first-order chi connectivity index (χ1) is 14.7. The number of rotatable bonds is 4. The van der Waals surface area contributed by atoms with Gasteiger partial charge in [0, 0.05) is 45.1 Å². The molecule has 1 aliphatic rings. The SMILES string of the molecule is CN1CCN(Cc2cnc3ccccc3n2)C[C@@H](Cc2ccnc3cccnc23)C1. The van der Waals surface area contributed by atoms with Crippen LogP contribution in [0.1, 0.15) is 11.3 Å². The number of hydrogen-bond donors (Lipinski definition) is 0. The van der Waals surface area contributed by atoms with Gasteiger partial charge in [0.25, 0.3) is 0 Å². The maximum atomic E-state index is 4.83. The lowest BCUT2D eigenvalue weighted by atomic mass is 9.98. The highest BCUT2D eigenvalue weighted by atomic mass is 15.2. The summed E-state index contributed by atoms with van der Waals surface area (Å²) < 4.78 is 0. The van der Waals surface area contributed by atoms with E-state index in [1.165, 1.54) is 5.56 Å². The van der Waals surface area contributed by atoms with Crippen molar-refractivity contribution in [3.8, 4) is 0 Å². The lowest BCUT2D eigenvalue weighted by Gasteiger charge is -2.24. The average Bonchev–Trinajstić information content (AvgIpc) is 2.94. The molecule has 5 rings (SSSR count). The van der Waals surface area contributed by atoms with Crippen LogP contribution in [0.5, 0.6) is 0 Å². The predicted molar refractivity (Wildman–Crippen MR) is 119 cm³/mol. The summed E-state index contributed by atoms with van der Waals surface area (Å²) >= 11 is 0. The standard InChI is InChI=1S/C24H26N6/c1-29-11-12-30(17-20-14-27-21-5-2-3-6-22(21)28-20)16-18(15-29)13-19-8-10-25-23-7-4-9-26-24(19)23/h2-10,14,18H,11-13,15-17H2,1H3/t18-/m0/s1. The van der Waals surface area contributed by atoms with Crippen molar-refractivity contribution in [1.29, 1.82) is 0 Å². The van der Waals surface area contributed by atoms with Gasteiger partial charge < -0.3 is 4.90 Å². The lowest BCUT2D eigenvalue weighted by molar-refractivity contribution is 0.246. The molecule has 1 saturated heterocycles. The molecule has 0 radical (unpaired) electrons. The molecule has 1 aliphatic heterocycles. The number of para-hydroxylation sites is 2. The van der Waals surface area contributed by atoms with E-state index >= 15 is 0 Å². The first-order valence-corrected chi connectivity index (χ1v) is 10.5. The van der Waals surface area contributed by atoms with E-state index in [1.54, 1.807) is 0 Å². The minimum Gasteiger partial charge on any atom is -0.305 e. The second kappa shape index (κ2) is 8.42. The maximum absolute atomic E-state index is 4.83. The molecule has 0 unspecified atom stereocenters. The molecule has 3 aromatic heterocycles. The Morgan fingerprint density at radius 2 is 1.73 bits per heavy atom. The molecular formula is C24H26N6. The number of benzene rings is 1. The number of fused-ring (bicyclic) bond motifs is 2. The smallest absolute Gasteiger partial charge is 0.0918 e. The molecule has 6 nitrogen and oxygen atoms in total. The molecule has 0 bridgehead atoms. The van der Waals surface area contributed by atoms with Crippen LogP contribution in [-0.4, -0.2) is 63.0 Å². The second-order valence-corrected chi connectivity index (χ2v) is 8.26. The fourth-order valence-corrected chi connectivity index (χ4v) is 4.44. The monoisotopic (exact) mass is 398 g/mol. The molecule has 152 valence electrons. The molecule has 4 aromatic rings. The van der Waals surface area contributed by atoms with Gasteiger partial charge in [0.2, 0.25) is 0 Å². The minimum atomic E-state index is 0.526.